The molecule has 0 aliphatic carbocycles. The van der Waals surface area contributed by atoms with Crippen molar-refractivity contribution in [2.75, 3.05) is 16.6 Å². The summed E-state index contributed by atoms with van der Waals surface area (Å²) in [6.45, 7) is 0.497. The largest absolute Gasteiger partial charge is 0.290 e. The Morgan fingerprint density at radius 3 is 2.47 bits per heavy atom. The minimum atomic E-state index is -3.16. The predicted molar refractivity (Wildman–Crippen MR) is 63.9 cm³/mol. The number of sulfonamides is 1. The summed E-state index contributed by atoms with van der Waals surface area (Å²) in [5, 5.41) is 15.9. The molecule has 2 rings (SSSR count). The molecule has 0 atom stereocenters. The van der Waals surface area contributed by atoms with Crippen molar-refractivity contribution in [1.82, 2.24) is 5.48 Å². The third kappa shape index (κ3) is 2.25. The number of hydroxylamine groups is 1. The third-order valence-electron chi connectivity index (χ3n) is 2.66. The molecule has 0 spiro atoms. The zero-order valence-corrected chi connectivity index (χ0v) is 9.87. The van der Waals surface area contributed by atoms with Gasteiger partial charge in [0.25, 0.3) is 0 Å². The van der Waals surface area contributed by atoms with Crippen molar-refractivity contribution in [1.29, 1.82) is 5.41 Å². The second-order valence-electron chi connectivity index (χ2n) is 3.78. The van der Waals surface area contributed by atoms with Crippen molar-refractivity contribution in [2.24, 2.45) is 0 Å². The van der Waals surface area contributed by atoms with Crippen LogP contribution in [-0.4, -0.2) is 31.8 Å². The Hall–Kier alpha value is -1.60. The van der Waals surface area contributed by atoms with E-state index in [2.05, 4.69) is 0 Å². The van der Waals surface area contributed by atoms with E-state index in [4.69, 9.17) is 10.6 Å². The first kappa shape index (κ1) is 11.9. The number of hydrogen-bond acceptors (Lipinski definition) is 4. The topological polar surface area (TPSA) is 93.5 Å². The average Bonchev–Trinajstić information content (AvgIpc) is 2.68. The van der Waals surface area contributed by atoms with E-state index < -0.39 is 10.0 Å². The van der Waals surface area contributed by atoms with Gasteiger partial charge in [0.1, 0.15) is 5.84 Å². The van der Waals surface area contributed by atoms with Gasteiger partial charge in [-0.2, -0.15) is 0 Å². The standard InChI is InChI=1S/C10H13N3O3S/c11-10(12-14)8-2-4-9(5-3-8)13-6-1-7-17(13,15)16/h2-5,14H,1,6-7H2,(H2,11,12). The van der Waals surface area contributed by atoms with Crippen LogP contribution < -0.4 is 9.79 Å². The Morgan fingerprint density at radius 2 is 2.00 bits per heavy atom. The van der Waals surface area contributed by atoms with Crippen LogP contribution >= 0.6 is 0 Å². The highest BCUT2D eigenvalue weighted by molar-refractivity contribution is 7.93. The first-order valence-corrected chi connectivity index (χ1v) is 6.75. The Kier molecular flexibility index (Phi) is 3.03. The Morgan fingerprint density at radius 1 is 1.35 bits per heavy atom. The molecule has 17 heavy (non-hydrogen) atoms. The summed E-state index contributed by atoms with van der Waals surface area (Å²) in [6, 6.07) is 6.44. The predicted octanol–water partition coefficient (Wildman–Crippen LogP) is 0.531. The van der Waals surface area contributed by atoms with Crippen LogP contribution in [0.25, 0.3) is 0 Å². The van der Waals surface area contributed by atoms with Gasteiger partial charge in [-0.25, -0.2) is 8.42 Å². The van der Waals surface area contributed by atoms with Crippen molar-refractivity contribution >= 4 is 21.5 Å². The molecule has 1 fully saturated rings. The van der Waals surface area contributed by atoms with Crippen molar-refractivity contribution < 1.29 is 13.6 Å². The van der Waals surface area contributed by atoms with Gasteiger partial charge in [-0.15, -0.1) is 0 Å². The smallest absolute Gasteiger partial charge is 0.235 e. The van der Waals surface area contributed by atoms with Crippen molar-refractivity contribution in [3.63, 3.8) is 0 Å². The molecule has 1 aromatic carbocycles. The number of hydrogen-bond donors (Lipinski definition) is 3. The normalized spacial score (nSPS) is 18.1. The van der Waals surface area contributed by atoms with Gasteiger partial charge in [0.15, 0.2) is 0 Å². The summed E-state index contributed by atoms with van der Waals surface area (Å²) in [7, 11) is -3.16. The van der Waals surface area contributed by atoms with Gasteiger partial charge in [0.2, 0.25) is 10.0 Å². The molecule has 1 saturated heterocycles. The first-order valence-electron chi connectivity index (χ1n) is 5.14. The Bertz CT molecular complexity index is 524. The van der Waals surface area contributed by atoms with Crippen LogP contribution in [0.5, 0.6) is 0 Å². The summed E-state index contributed by atoms with van der Waals surface area (Å²) in [6.07, 6.45) is 0.637. The van der Waals surface area contributed by atoms with Crippen molar-refractivity contribution in [3.8, 4) is 0 Å². The molecule has 1 heterocycles. The molecule has 3 N–H and O–H groups in total. The Labute approximate surface area is 99.4 Å². The fourth-order valence-electron chi connectivity index (χ4n) is 1.79. The molecule has 0 bridgehead atoms. The van der Waals surface area contributed by atoms with Gasteiger partial charge >= 0.3 is 0 Å². The number of rotatable bonds is 2. The lowest BCUT2D eigenvalue weighted by Gasteiger charge is -2.17. The van der Waals surface area contributed by atoms with Gasteiger partial charge in [-0.3, -0.25) is 20.4 Å². The van der Waals surface area contributed by atoms with Crippen LogP contribution in [0.1, 0.15) is 12.0 Å². The van der Waals surface area contributed by atoms with E-state index in [1.165, 1.54) is 4.31 Å². The van der Waals surface area contributed by atoms with Crippen LogP contribution in [0.2, 0.25) is 0 Å². The number of amidine groups is 1. The lowest BCUT2D eigenvalue weighted by molar-refractivity contribution is 0.234. The highest BCUT2D eigenvalue weighted by Gasteiger charge is 2.28. The minimum Gasteiger partial charge on any atom is -0.290 e. The van der Waals surface area contributed by atoms with Gasteiger partial charge in [-0.1, -0.05) is 0 Å². The molecular formula is C10H13N3O3S. The van der Waals surface area contributed by atoms with E-state index in [0.717, 1.165) is 0 Å². The van der Waals surface area contributed by atoms with Crippen molar-refractivity contribution in [3.05, 3.63) is 29.8 Å². The molecule has 1 aromatic rings. The summed E-state index contributed by atoms with van der Waals surface area (Å²) in [5.74, 6) is 0.0591. The molecule has 0 aromatic heterocycles. The van der Waals surface area contributed by atoms with E-state index in [1.54, 1.807) is 29.7 Å². The van der Waals surface area contributed by atoms with Gasteiger partial charge in [0, 0.05) is 12.1 Å². The monoisotopic (exact) mass is 255 g/mol. The highest BCUT2D eigenvalue weighted by Crippen LogP contribution is 2.23. The molecule has 0 amide bonds. The molecule has 1 aliphatic heterocycles. The SMILES string of the molecule is N=C(NO)c1ccc(N2CCCS2(=O)=O)cc1. The molecule has 92 valence electrons. The van der Waals surface area contributed by atoms with Crippen LogP contribution in [0.3, 0.4) is 0 Å². The van der Waals surface area contributed by atoms with Crippen molar-refractivity contribution in [2.45, 2.75) is 6.42 Å². The summed E-state index contributed by atoms with van der Waals surface area (Å²) >= 11 is 0. The van der Waals surface area contributed by atoms with Crippen LogP contribution in [0, 0.1) is 5.41 Å². The van der Waals surface area contributed by atoms with Gasteiger partial charge in [0.05, 0.1) is 11.4 Å². The third-order valence-corrected chi connectivity index (χ3v) is 4.52. The molecule has 6 nitrogen and oxygen atoms in total. The summed E-state index contributed by atoms with van der Waals surface area (Å²) in [4.78, 5) is 0. The number of anilines is 1. The Balaban J connectivity index is 2.27. The van der Waals surface area contributed by atoms with Gasteiger partial charge in [-0.05, 0) is 30.7 Å². The first-order chi connectivity index (χ1) is 8.04. The molecule has 1 aliphatic rings. The maximum atomic E-state index is 11.7. The quantitative estimate of drug-likeness (QED) is 0.408. The molecule has 7 heteroatoms. The lowest BCUT2D eigenvalue weighted by Crippen LogP contribution is -2.25. The fraction of sp³-hybridized carbons (Fsp3) is 0.300. The zero-order valence-electron chi connectivity index (χ0n) is 9.05. The zero-order chi connectivity index (χ0) is 12.5. The van der Waals surface area contributed by atoms with Crippen LogP contribution in [0.15, 0.2) is 24.3 Å². The molecule has 0 radical (unpaired) electrons. The van der Waals surface area contributed by atoms with Crippen LogP contribution in [0.4, 0.5) is 5.69 Å². The van der Waals surface area contributed by atoms with E-state index in [-0.39, 0.29) is 11.6 Å². The van der Waals surface area contributed by atoms with E-state index in [0.29, 0.717) is 24.2 Å². The highest BCUT2D eigenvalue weighted by atomic mass is 32.2. The fourth-order valence-corrected chi connectivity index (χ4v) is 3.35. The van der Waals surface area contributed by atoms with E-state index >= 15 is 0 Å². The lowest BCUT2D eigenvalue weighted by atomic mass is 10.2. The maximum absolute atomic E-state index is 11.7. The summed E-state index contributed by atoms with van der Waals surface area (Å²) in [5.41, 5.74) is 2.83. The molecular weight excluding hydrogens is 242 g/mol. The number of benzene rings is 1. The van der Waals surface area contributed by atoms with Gasteiger partial charge < -0.3 is 0 Å². The number of nitrogens with zero attached hydrogens (tertiary/aromatic N) is 1. The minimum absolute atomic E-state index is 0.124. The number of nitrogens with one attached hydrogen (secondary N) is 2. The average molecular weight is 255 g/mol. The van der Waals surface area contributed by atoms with E-state index in [1.807, 2.05) is 0 Å². The second kappa shape index (κ2) is 4.34. The molecule has 0 unspecified atom stereocenters. The van der Waals surface area contributed by atoms with E-state index in [9.17, 15) is 8.42 Å². The van der Waals surface area contributed by atoms with Crippen LogP contribution in [-0.2, 0) is 10.0 Å². The second-order valence-corrected chi connectivity index (χ2v) is 5.79. The molecule has 0 saturated carbocycles. The summed E-state index contributed by atoms with van der Waals surface area (Å²) < 4.78 is 24.7. The maximum Gasteiger partial charge on any atom is 0.235 e.